The Balaban J connectivity index is 1.42. The zero-order valence-corrected chi connectivity index (χ0v) is 14.9. The second kappa shape index (κ2) is 8.41. The number of likely N-dealkylation sites (tertiary alicyclic amines) is 1. The SMILES string of the molecule is Cc1cc(CNC2CCN(C(C)Cc3ccccc3)CC2)ccn1. The van der Waals surface area contributed by atoms with Crippen LogP contribution < -0.4 is 5.32 Å². The Labute approximate surface area is 146 Å². The fraction of sp³-hybridized carbons (Fsp3) is 0.476. The third-order valence-electron chi connectivity index (χ3n) is 5.08. The van der Waals surface area contributed by atoms with Gasteiger partial charge in [0.1, 0.15) is 0 Å². The van der Waals surface area contributed by atoms with Crippen molar-refractivity contribution < 1.29 is 0 Å². The number of rotatable bonds is 6. The monoisotopic (exact) mass is 323 g/mol. The first kappa shape index (κ1) is 17.1. The number of nitrogens with one attached hydrogen (secondary N) is 1. The normalized spacial score (nSPS) is 17.8. The quantitative estimate of drug-likeness (QED) is 0.881. The third-order valence-corrected chi connectivity index (χ3v) is 5.08. The Kier molecular flexibility index (Phi) is 6.00. The van der Waals surface area contributed by atoms with E-state index in [4.69, 9.17) is 0 Å². The molecule has 1 atom stereocenters. The van der Waals surface area contributed by atoms with Gasteiger partial charge in [-0.1, -0.05) is 30.3 Å². The Hall–Kier alpha value is -1.71. The second-order valence-electron chi connectivity index (χ2n) is 7.04. The van der Waals surface area contributed by atoms with Gasteiger partial charge in [0.05, 0.1) is 0 Å². The first-order chi connectivity index (χ1) is 11.7. The molecule has 24 heavy (non-hydrogen) atoms. The molecule has 0 aliphatic carbocycles. The predicted octanol–water partition coefficient (Wildman–Crippen LogP) is 3.58. The first-order valence-electron chi connectivity index (χ1n) is 9.13. The van der Waals surface area contributed by atoms with Crippen LogP contribution in [-0.2, 0) is 13.0 Å². The lowest BCUT2D eigenvalue weighted by molar-refractivity contribution is 0.151. The largest absolute Gasteiger partial charge is 0.310 e. The lowest BCUT2D eigenvalue weighted by Gasteiger charge is -2.36. The zero-order valence-electron chi connectivity index (χ0n) is 14.9. The van der Waals surface area contributed by atoms with E-state index in [2.05, 4.69) is 71.5 Å². The van der Waals surface area contributed by atoms with Crippen LogP contribution in [0.2, 0.25) is 0 Å². The minimum atomic E-state index is 0.621. The third kappa shape index (κ3) is 4.89. The van der Waals surface area contributed by atoms with Crippen LogP contribution in [0.3, 0.4) is 0 Å². The molecule has 3 nitrogen and oxygen atoms in total. The molecule has 128 valence electrons. The van der Waals surface area contributed by atoms with Crippen LogP contribution >= 0.6 is 0 Å². The Bertz CT molecular complexity index is 618. The summed E-state index contributed by atoms with van der Waals surface area (Å²) < 4.78 is 0. The fourth-order valence-corrected chi connectivity index (χ4v) is 3.61. The van der Waals surface area contributed by atoms with E-state index < -0.39 is 0 Å². The average Bonchev–Trinajstić information content (AvgIpc) is 2.61. The maximum atomic E-state index is 4.26. The molecular weight excluding hydrogens is 294 g/mol. The molecular formula is C21H29N3. The maximum absolute atomic E-state index is 4.26. The van der Waals surface area contributed by atoms with Gasteiger partial charge in [0, 0.05) is 30.5 Å². The van der Waals surface area contributed by atoms with Crippen molar-refractivity contribution in [3.05, 3.63) is 65.5 Å². The molecule has 0 radical (unpaired) electrons. The molecule has 0 spiro atoms. The molecule has 1 aliphatic heterocycles. The van der Waals surface area contributed by atoms with E-state index in [0.717, 1.165) is 18.7 Å². The van der Waals surface area contributed by atoms with Crippen molar-refractivity contribution in [2.45, 2.75) is 51.7 Å². The van der Waals surface area contributed by atoms with Crippen molar-refractivity contribution in [3.63, 3.8) is 0 Å². The van der Waals surface area contributed by atoms with E-state index in [-0.39, 0.29) is 0 Å². The average molecular weight is 323 g/mol. The summed E-state index contributed by atoms with van der Waals surface area (Å²) in [6.45, 7) is 7.76. The Morgan fingerprint density at radius 3 is 2.58 bits per heavy atom. The number of aromatic nitrogens is 1. The number of piperidine rings is 1. The van der Waals surface area contributed by atoms with Crippen molar-refractivity contribution >= 4 is 0 Å². The summed E-state index contributed by atoms with van der Waals surface area (Å²) in [4.78, 5) is 6.90. The summed E-state index contributed by atoms with van der Waals surface area (Å²) in [5.41, 5.74) is 3.87. The van der Waals surface area contributed by atoms with Crippen LogP contribution in [-0.4, -0.2) is 35.1 Å². The van der Waals surface area contributed by atoms with Crippen LogP contribution in [0.1, 0.15) is 36.6 Å². The number of aryl methyl sites for hydroxylation is 1. The molecule has 0 bridgehead atoms. The molecule has 1 aliphatic rings. The molecule has 1 fully saturated rings. The number of hydrogen-bond donors (Lipinski definition) is 1. The molecule has 1 aromatic heterocycles. The lowest BCUT2D eigenvalue weighted by atomic mass is 10.00. The lowest BCUT2D eigenvalue weighted by Crippen LogP contribution is -2.46. The molecule has 1 saturated heterocycles. The number of pyridine rings is 1. The van der Waals surface area contributed by atoms with Crippen LogP contribution in [0.5, 0.6) is 0 Å². The Morgan fingerprint density at radius 2 is 1.88 bits per heavy atom. The fourth-order valence-electron chi connectivity index (χ4n) is 3.61. The molecule has 2 heterocycles. The maximum Gasteiger partial charge on any atom is 0.0375 e. The van der Waals surface area contributed by atoms with E-state index >= 15 is 0 Å². The van der Waals surface area contributed by atoms with E-state index in [1.807, 2.05) is 6.20 Å². The molecule has 0 amide bonds. The van der Waals surface area contributed by atoms with Gasteiger partial charge in [0.15, 0.2) is 0 Å². The van der Waals surface area contributed by atoms with Crippen molar-refractivity contribution in [2.24, 2.45) is 0 Å². The molecule has 3 rings (SSSR count). The van der Waals surface area contributed by atoms with E-state index in [1.165, 1.54) is 37.1 Å². The molecule has 1 unspecified atom stereocenters. The second-order valence-corrected chi connectivity index (χ2v) is 7.04. The van der Waals surface area contributed by atoms with Gasteiger partial charge >= 0.3 is 0 Å². The first-order valence-corrected chi connectivity index (χ1v) is 9.13. The van der Waals surface area contributed by atoms with Crippen LogP contribution in [0, 0.1) is 6.92 Å². The highest BCUT2D eigenvalue weighted by Crippen LogP contribution is 2.16. The van der Waals surface area contributed by atoms with Gasteiger partial charge in [-0.2, -0.15) is 0 Å². The standard InChI is InChI=1S/C21H29N3/c1-17-14-20(8-11-22-17)16-23-21-9-12-24(13-10-21)18(2)15-19-6-4-3-5-7-19/h3-8,11,14,18,21,23H,9-10,12-13,15-16H2,1-2H3. The van der Waals surface area contributed by atoms with E-state index in [1.54, 1.807) is 0 Å². The summed E-state index contributed by atoms with van der Waals surface area (Å²) in [7, 11) is 0. The molecule has 1 aromatic carbocycles. The van der Waals surface area contributed by atoms with Crippen molar-refractivity contribution in [3.8, 4) is 0 Å². The zero-order chi connectivity index (χ0) is 16.8. The number of hydrogen-bond acceptors (Lipinski definition) is 3. The van der Waals surface area contributed by atoms with Crippen LogP contribution in [0.4, 0.5) is 0 Å². The van der Waals surface area contributed by atoms with Crippen molar-refractivity contribution in [1.82, 2.24) is 15.2 Å². The molecule has 3 heteroatoms. The predicted molar refractivity (Wildman–Crippen MR) is 100 cm³/mol. The van der Waals surface area contributed by atoms with Gasteiger partial charge in [0.2, 0.25) is 0 Å². The smallest absolute Gasteiger partial charge is 0.0375 e. The summed E-state index contributed by atoms with van der Waals surface area (Å²) in [6.07, 6.45) is 5.53. The van der Waals surface area contributed by atoms with Crippen LogP contribution in [0.25, 0.3) is 0 Å². The number of nitrogens with zero attached hydrogens (tertiary/aromatic N) is 2. The Morgan fingerprint density at radius 1 is 1.12 bits per heavy atom. The van der Waals surface area contributed by atoms with Gasteiger partial charge in [-0.15, -0.1) is 0 Å². The van der Waals surface area contributed by atoms with E-state index in [0.29, 0.717) is 12.1 Å². The highest BCUT2D eigenvalue weighted by molar-refractivity contribution is 5.16. The highest BCUT2D eigenvalue weighted by Gasteiger charge is 2.22. The minimum absolute atomic E-state index is 0.621. The molecule has 2 aromatic rings. The summed E-state index contributed by atoms with van der Waals surface area (Å²) in [5.74, 6) is 0. The van der Waals surface area contributed by atoms with Gasteiger partial charge in [-0.3, -0.25) is 4.98 Å². The number of benzene rings is 1. The van der Waals surface area contributed by atoms with Gasteiger partial charge in [-0.05, 0) is 69.5 Å². The van der Waals surface area contributed by atoms with Crippen LogP contribution in [0.15, 0.2) is 48.7 Å². The highest BCUT2D eigenvalue weighted by atomic mass is 15.2. The topological polar surface area (TPSA) is 28.2 Å². The molecule has 1 N–H and O–H groups in total. The minimum Gasteiger partial charge on any atom is -0.310 e. The summed E-state index contributed by atoms with van der Waals surface area (Å²) >= 11 is 0. The summed E-state index contributed by atoms with van der Waals surface area (Å²) in [5, 5.41) is 3.72. The van der Waals surface area contributed by atoms with Crippen molar-refractivity contribution in [2.75, 3.05) is 13.1 Å². The molecule has 0 saturated carbocycles. The van der Waals surface area contributed by atoms with E-state index in [9.17, 15) is 0 Å². The summed E-state index contributed by atoms with van der Waals surface area (Å²) in [6, 6.07) is 16.4. The van der Waals surface area contributed by atoms with Gasteiger partial charge in [0.25, 0.3) is 0 Å². The van der Waals surface area contributed by atoms with Crippen molar-refractivity contribution in [1.29, 1.82) is 0 Å². The van der Waals surface area contributed by atoms with Gasteiger partial charge < -0.3 is 10.2 Å². The van der Waals surface area contributed by atoms with Gasteiger partial charge in [-0.25, -0.2) is 0 Å².